The second kappa shape index (κ2) is 21.1. The zero-order chi connectivity index (χ0) is 34.8. The number of methoxy groups -OCH3 is 1. The van der Waals surface area contributed by atoms with Gasteiger partial charge in [0.15, 0.2) is 0 Å². The van der Waals surface area contributed by atoms with Gasteiger partial charge in [0.1, 0.15) is 23.6 Å². The molecule has 0 saturated heterocycles. The van der Waals surface area contributed by atoms with Gasteiger partial charge >= 0.3 is 5.97 Å². The number of carbonyl (C=O) groups excluding carboxylic acids is 3. The summed E-state index contributed by atoms with van der Waals surface area (Å²) in [6.07, 6.45) is 17.5. The summed E-state index contributed by atoms with van der Waals surface area (Å²) in [5, 5.41) is 37.6. The van der Waals surface area contributed by atoms with Crippen LogP contribution in [0.4, 0.5) is 5.69 Å². The van der Waals surface area contributed by atoms with Crippen LogP contribution in [0.5, 0.6) is 11.5 Å². The SMILES string of the molecule is CC=CC=CC=CCC(OC(=O)C(C)NC(=O)C1CCCCC1)C(C)C(O)C(C)=CCCc1cc(O)cc(NC(=O)CCOC)c1O. The van der Waals surface area contributed by atoms with Crippen molar-refractivity contribution in [3.8, 4) is 11.5 Å². The number of carbonyl (C=O) groups is 3. The molecule has 0 spiro atoms. The zero-order valence-corrected chi connectivity index (χ0v) is 28.5. The van der Waals surface area contributed by atoms with Crippen molar-refractivity contribution in [2.45, 2.75) is 104 Å². The number of phenols is 2. The molecule has 10 heteroatoms. The lowest BCUT2D eigenvalue weighted by Gasteiger charge is -2.29. The van der Waals surface area contributed by atoms with Gasteiger partial charge in [-0.3, -0.25) is 9.59 Å². The van der Waals surface area contributed by atoms with Gasteiger partial charge in [0.2, 0.25) is 11.8 Å². The molecule has 2 rings (SSSR count). The largest absolute Gasteiger partial charge is 0.508 e. The van der Waals surface area contributed by atoms with E-state index in [-0.39, 0.29) is 47.9 Å². The van der Waals surface area contributed by atoms with Crippen molar-refractivity contribution >= 4 is 23.5 Å². The monoisotopic (exact) mass is 654 g/mol. The van der Waals surface area contributed by atoms with Gasteiger partial charge in [-0.05, 0) is 63.7 Å². The molecule has 10 nitrogen and oxygen atoms in total. The van der Waals surface area contributed by atoms with Crippen LogP contribution in [0.25, 0.3) is 0 Å². The summed E-state index contributed by atoms with van der Waals surface area (Å²) in [6.45, 7) is 7.37. The first-order valence-electron chi connectivity index (χ1n) is 16.6. The average molecular weight is 655 g/mol. The van der Waals surface area contributed by atoms with Crippen molar-refractivity contribution in [1.82, 2.24) is 5.32 Å². The highest BCUT2D eigenvalue weighted by molar-refractivity contribution is 5.92. The first-order valence-corrected chi connectivity index (χ1v) is 16.6. The first kappa shape index (κ1) is 39.3. The normalized spacial score (nSPS) is 17.1. The molecule has 0 aliphatic heterocycles. The van der Waals surface area contributed by atoms with E-state index in [1.807, 2.05) is 56.4 Å². The number of anilines is 1. The third kappa shape index (κ3) is 13.8. The second-order valence-electron chi connectivity index (χ2n) is 12.2. The van der Waals surface area contributed by atoms with Crippen LogP contribution < -0.4 is 10.6 Å². The van der Waals surface area contributed by atoms with E-state index >= 15 is 0 Å². The van der Waals surface area contributed by atoms with Crippen LogP contribution in [0, 0.1) is 11.8 Å². The van der Waals surface area contributed by atoms with E-state index in [4.69, 9.17) is 9.47 Å². The number of ether oxygens (including phenoxy) is 2. The van der Waals surface area contributed by atoms with Crippen LogP contribution >= 0.6 is 0 Å². The van der Waals surface area contributed by atoms with E-state index in [2.05, 4.69) is 10.6 Å². The number of amides is 2. The van der Waals surface area contributed by atoms with Crippen molar-refractivity contribution in [1.29, 1.82) is 0 Å². The number of hydrogen-bond acceptors (Lipinski definition) is 8. The summed E-state index contributed by atoms with van der Waals surface area (Å²) in [5.41, 5.74) is 1.20. The lowest BCUT2D eigenvalue weighted by Crippen LogP contribution is -2.45. The molecule has 0 radical (unpaired) electrons. The van der Waals surface area contributed by atoms with E-state index in [0.717, 1.165) is 32.1 Å². The number of aromatic hydroxyl groups is 2. The minimum atomic E-state index is -0.944. The standard InChI is InChI=1S/C37H54N2O8/c1-6-7-8-9-10-14-20-32(47-37(45)27(4)38-36(44)28-17-12-11-13-18-28)26(3)34(42)25(2)16-15-19-29-23-30(40)24-31(35(29)43)39-33(41)21-22-46-5/h6-10,14,16,23-24,26-28,32,34,40,42-43H,11-13,15,17-22H2,1-5H3,(H,38,44)(H,39,41). The van der Waals surface area contributed by atoms with Crippen LogP contribution in [0.3, 0.4) is 0 Å². The Labute approximate surface area is 279 Å². The summed E-state index contributed by atoms with van der Waals surface area (Å²) in [4.78, 5) is 38.0. The molecule has 1 fully saturated rings. The highest BCUT2D eigenvalue weighted by Crippen LogP contribution is 2.33. The lowest BCUT2D eigenvalue weighted by atomic mass is 9.88. The Balaban J connectivity index is 2.10. The van der Waals surface area contributed by atoms with E-state index in [1.54, 1.807) is 13.8 Å². The van der Waals surface area contributed by atoms with Gasteiger partial charge in [0.25, 0.3) is 0 Å². The highest BCUT2D eigenvalue weighted by Gasteiger charge is 2.31. The number of benzene rings is 1. The Kier molecular flexibility index (Phi) is 17.6. The number of phenolic OH excluding ortho intramolecular Hbond substituents is 2. The molecule has 0 heterocycles. The van der Waals surface area contributed by atoms with Gasteiger partial charge in [0, 0.05) is 31.4 Å². The fourth-order valence-corrected chi connectivity index (χ4v) is 5.47. The number of rotatable bonds is 18. The van der Waals surface area contributed by atoms with Crippen molar-refractivity contribution < 1.29 is 39.2 Å². The highest BCUT2D eigenvalue weighted by atomic mass is 16.5. The number of aryl methyl sites for hydroxylation is 1. The molecular weight excluding hydrogens is 600 g/mol. The smallest absolute Gasteiger partial charge is 0.328 e. The lowest BCUT2D eigenvalue weighted by molar-refractivity contribution is -0.156. The van der Waals surface area contributed by atoms with Gasteiger partial charge in [-0.25, -0.2) is 4.79 Å². The Hall–Kier alpha value is -3.89. The number of allylic oxidation sites excluding steroid dienone is 6. The predicted octanol–water partition coefficient (Wildman–Crippen LogP) is 6.02. The topological polar surface area (TPSA) is 154 Å². The maximum Gasteiger partial charge on any atom is 0.328 e. The average Bonchev–Trinajstić information content (AvgIpc) is 3.06. The molecular formula is C37H54N2O8. The van der Waals surface area contributed by atoms with Gasteiger partial charge in [0.05, 0.1) is 24.8 Å². The molecule has 47 heavy (non-hydrogen) atoms. The fourth-order valence-electron chi connectivity index (χ4n) is 5.47. The maximum absolute atomic E-state index is 13.1. The first-order chi connectivity index (χ1) is 22.5. The molecule has 1 saturated carbocycles. The molecule has 1 aliphatic carbocycles. The Morgan fingerprint density at radius 3 is 2.43 bits per heavy atom. The molecule has 5 N–H and O–H groups in total. The number of aliphatic hydroxyl groups excluding tert-OH is 1. The minimum Gasteiger partial charge on any atom is -0.508 e. The number of aliphatic hydroxyl groups is 1. The van der Waals surface area contributed by atoms with Crippen molar-refractivity contribution in [3.63, 3.8) is 0 Å². The quantitative estimate of drug-likeness (QED) is 0.0423. The maximum atomic E-state index is 13.1. The van der Waals surface area contributed by atoms with Crippen LogP contribution in [-0.4, -0.2) is 65.1 Å². The molecule has 0 aromatic heterocycles. The Bertz CT molecular complexity index is 1280. The molecule has 260 valence electrons. The minimum absolute atomic E-state index is 0.0803. The number of nitrogens with one attached hydrogen (secondary N) is 2. The number of esters is 1. The fraction of sp³-hybridized carbons (Fsp3) is 0.541. The Morgan fingerprint density at radius 1 is 1.04 bits per heavy atom. The van der Waals surface area contributed by atoms with Crippen molar-refractivity contribution in [3.05, 3.63) is 65.8 Å². The number of hydrogen-bond donors (Lipinski definition) is 5. The van der Waals surface area contributed by atoms with Gasteiger partial charge < -0.3 is 35.4 Å². The Morgan fingerprint density at radius 2 is 1.74 bits per heavy atom. The van der Waals surface area contributed by atoms with E-state index in [1.165, 1.54) is 19.2 Å². The summed E-state index contributed by atoms with van der Waals surface area (Å²) in [6, 6.07) is 1.89. The van der Waals surface area contributed by atoms with Crippen LogP contribution in [0.15, 0.2) is 60.2 Å². The van der Waals surface area contributed by atoms with Crippen molar-refractivity contribution in [2.75, 3.05) is 19.0 Å². The zero-order valence-electron chi connectivity index (χ0n) is 28.5. The van der Waals surface area contributed by atoms with Gasteiger partial charge in [-0.2, -0.15) is 0 Å². The van der Waals surface area contributed by atoms with Gasteiger partial charge in [-0.15, -0.1) is 0 Å². The molecule has 1 aromatic rings. The second-order valence-corrected chi connectivity index (χ2v) is 12.2. The van der Waals surface area contributed by atoms with E-state index in [0.29, 0.717) is 30.4 Å². The van der Waals surface area contributed by atoms with Crippen molar-refractivity contribution in [2.24, 2.45) is 11.8 Å². The summed E-state index contributed by atoms with van der Waals surface area (Å²) >= 11 is 0. The molecule has 0 bridgehead atoms. The van der Waals surface area contributed by atoms with Crippen LogP contribution in [0.1, 0.15) is 84.6 Å². The molecule has 4 atom stereocenters. The molecule has 2 amide bonds. The summed E-state index contributed by atoms with van der Waals surface area (Å²) in [7, 11) is 1.49. The van der Waals surface area contributed by atoms with Crippen LogP contribution in [0.2, 0.25) is 0 Å². The summed E-state index contributed by atoms with van der Waals surface area (Å²) in [5.74, 6) is -1.83. The van der Waals surface area contributed by atoms with E-state index in [9.17, 15) is 29.7 Å². The molecule has 4 unspecified atom stereocenters. The van der Waals surface area contributed by atoms with E-state index < -0.39 is 30.1 Å². The third-order valence-corrected chi connectivity index (χ3v) is 8.40. The molecule has 1 aliphatic rings. The molecule has 1 aromatic carbocycles. The third-order valence-electron chi connectivity index (χ3n) is 8.40. The predicted molar refractivity (Wildman–Crippen MR) is 184 cm³/mol. The summed E-state index contributed by atoms with van der Waals surface area (Å²) < 4.78 is 10.8. The van der Waals surface area contributed by atoms with Gasteiger partial charge in [-0.1, -0.05) is 68.7 Å². The van der Waals surface area contributed by atoms with Crippen LogP contribution in [-0.2, 0) is 30.3 Å².